The van der Waals surface area contributed by atoms with Gasteiger partial charge >= 0.3 is 6.36 Å². The highest BCUT2D eigenvalue weighted by Crippen LogP contribution is 2.38. The van der Waals surface area contributed by atoms with Gasteiger partial charge < -0.3 is 19.3 Å². The van der Waals surface area contributed by atoms with Crippen molar-refractivity contribution in [1.29, 1.82) is 0 Å². The highest BCUT2D eigenvalue weighted by atomic mass is 19.4. The molecule has 2 aliphatic rings. The zero-order valence-corrected chi connectivity index (χ0v) is 19.4. The molecule has 5 rings (SSSR count). The van der Waals surface area contributed by atoms with Gasteiger partial charge in [0.1, 0.15) is 22.4 Å². The van der Waals surface area contributed by atoms with Crippen LogP contribution in [0.4, 0.5) is 13.2 Å². The van der Waals surface area contributed by atoms with E-state index >= 15 is 0 Å². The minimum absolute atomic E-state index is 0.0232. The van der Waals surface area contributed by atoms with Crippen LogP contribution in [0.1, 0.15) is 22.3 Å². The van der Waals surface area contributed by atoms with Crippen LogP contribution in [0.5, 0.6) is 5.75 Å². The lowest BCUT2D eigenvalue weighted by Crippen LogP contribution is -2.44. The summed E-state index contributed by atoms with van der Waals surface area (Å²) in [4.78, 5) is 29.5. The third kappa shape index (κ3) is 4.72. The van der Waals surface area contributed by atoms with Gasteiger partial charge in [0.05, 0.1) is 13.1 Å². The fourth-order valence-corrected chi connectivity index (χ4v) is 5.07. The van der Waals surface area contributed by atoms with E-state index in [1.165, 1.54) is 24.3 Å². The summed E-state index contributed by atoms with van der Waals surface area (Å²) in [6.45, 7) is 1.68. The number of hydrogen-bond acceptors (Lipinski definition) is 6. The number of nitrogens with one attached hydrogen (secondary N) is 1. The molecule has 36 heavy (non-hydrogen) atoms. The second-order valence-corrected chi connectivity index (χ2v) is 9.14. The molecule has 2 aliphatic heterocycles. The summed E-state index contributed by atoms with van der Waals surface area (Å²) in [6, 6.07) is 10.7. The Labute approximate surface area is 204 Å². The molecule has 2 fully saturated rings. The van der Waals surface area contributed by atoms with Gasteiger partial charge in [0.15, 0.2) is 0 Å². The maximum atomic E-state index is 13.1. The number of fused-ring (bicyclic) bond motifs is 2. The fraction of sp³-hybridized carbons (Fsp3) is 0.417. The second-order valence-electron chi connectivity index (χ2n) is 9.14. The number of aromatic nitrogens is 3. The lowest BCUT2D eigenvalue weighted by atomic mass is 9.95. The number of ether oxygens (including phenoxy) is 2. The molecule has 3 heterocycles. The first-order valence-electron chi connectivity index (χ1n) is 11.4. The molecule has 0 bridgehead atoms. The molecule has 2 atom stereocenters. The number of nitrogens with zero attached hydrogens (tertiary/aromatic N) is 4. The third-order valence-electron chi connectivity index (χ3n) is 6.94. The van der Waals surface area contributed by atoms with Gasteiger partial charge in [-0.15, -0.1) is 13.2 Å². The van der Waals surface area contributed by atoms with E-state index in [2.05, 4.69) is 20.1 Å². The number of amides is 2. The molecule has 12 heteroatoms. The van der Waals surface area contributed by atoms with Gasteiger partial charge in [-0.2, -0.15) is 15.4 Å². The van der Waals surface area contributed by atoms with Crippen LogP contribution in [0.25, 0.3) is 11.0 Å². The predicted octanol–water partition coefficient (Wildman–Crippen LogP) is 2.79. The summed E-state index contributed by atoms with van der Waals surface area (Å²) in [6.07, 6.45) is -4.14. The topological polar surface area (TPSA) is 101 Å². The Bertz CT molecular complexity index is 1280. The normalized spacial score (nSPS) is 21.7. The molecule has 3 aromatic rings. The van der Waals surface area contributed by atoms with Crippen molar-refractivity contribution >= 4 is 22.8 Å². The molecule has 9 nitrogen and oxygen atoms in total. The van der Waals surface area contributed by atoms with Gasteiger partial charge in [-0.05, 0) is 42.3 Å². The molecule has 0 unspecified atom stereocenters. The van der Waals surface area contributed by atoms with E-state index in [0.717, 1.165) is 5.56 Å². The number of likely N-dealkylation sites (tertiary alicyclic amines) is 2. The molecule has 2 amide bonds. The summed E-state index contributed by atoms with van der Waals surface area (Å²) < 4.78 is 46.7. The van der Waals surface area contributed by atoms with E-state index in [0.29, 0.717) is 49.2 Å². The van der Waals surface area contributed by atoms with Crippen LogP contribution in [0, 0.1) is 5.92 Å². The summed E-state index contributed by atoms with van der Waals surface area (Å²) in [7, 11) is 1.60. The van der Waals surface area contributed by atoms with Crippen LogP contribution in [0.3, 0.4) is 0 Å². The number of hydrogen-bond donors (Lipinski definition) is 1. The lowest BCUT2D eigenvalue weighted by Gasteiger charge is -2.28. The van der Waals surface area contributed by atoms with Gasteiger partial charge in [0, 0.05) is 38.1 Å². The zero-order chi connectivity index (χ0) is 25.5. The van der Waals surface area contributed by atoms with Crippen LogP contribution in [-0.4, -0.2) is 82.3 Å². The molecular weight excluding hydrogens is 479 g/mol. The average molecular weight is 503 g/mol. The second kappa shape index (κ2) is 9.08. The maximum Gasteiger partial charge on any atom is 0.573 e. The molecule has 2 aromatic carbocycles. The van der Waals surface area contributed by atoms with Gasteiger partial charge in [-0.3, -0.25) is 9.59 Å². The number of methoxy groups -OCH3 is 1. The van der Waals surface area contributed by atoms with Gasteiger partial charge in [-0.25, -0.2) is 0 Å². The monoisotopic (exact) mass is 503 g/mol. The number of aromatic amines is 1. The van der Waals surface area contributed by atoms with Gasteiger partial charge in [0.2, 0.25) is 5.91 Å². The van der Waals surface area contributed by atoms with Crippen molar-refractivity contribution in [3.8, 4) is 5.75 Å². The predicted molar refractivity (Wildman–Crippen MR) is 121 cm³/mol. The first-order chi connectivity index (χ1) is 17.2. The summed E-state index contributed by atoms with van der Waals surface area (Å²) >= 11 is 0. The molecule has 190 valence electrons. The Kier molecular flexibility index (Phi) is 6.07. The van der Waals surface area contributed by atoms with Crippen molar-refractivity contribution in [2.75, 3.05) is 33.3 Å². The SMILES string of the molecule is CO[C@@]12CN(C(=O)CCc3ccc(OC(F)(F)F)cc3)C[C@H]1CN(C(=O)c1ccc3n[nH]nc3c1)C2. The number of H-pyrrole nitrogens is 1. The minimum Gasteiger partial charge on any atom is -0.406 e. The number of rotatable bonds is 6. The van der Waals surface area contributed by atoms with Crippen molar-refractivity contribution in [3.63, 3.8) is 0 Å². The Morgan fingerprint density at radius 3 is 2.44 bits per heavy atom. The molecule has 0 spiro atoms. The molecular formula is C24H24F3N5O4. The van der Waals surface area contributed by atoms with Gasteiger partial charge in [0.25, 0.3) is 5.91 Å². The summed E-state index contributed by atoms with van der Waals surface area (Å²) in [5.41, 5.74) is 1.90. The highest BCUT2D eigenvalue weighted by molar-refractivity contribution is 5.97. The van der Waals surface area contributed by atoms with E-state index in [-0.39, 0.29) is 29.9 Å². The first kappa shape index (κ1) is 24.0. The summed E-state index contributed by atoms with van der Waals surface area (Å²) in [5.74, 6) is -0.510. The number of carbonyl (C=O) groups excluding carboxylic acids is 2. The lowest BCUT2D eigenvalue weighted by molar-refractivity contribution is -0.274. The third-order valence-corrected chi connectivity index (χ3v) is 6.94. The van der Waals surface area contributed by atoms with E-state index in [1.807, 2.05) is 0 Å². The van der Waals surface area contributed by atoms with E-state index in [9.17, 15) is 22.8 Å². The van der Waals surface area contributed by atoms with Crippen LogP contribution in [0.15, 0.2) is 42.5 Å². The molecule has 1 N–H and O–H groups in total. The van der Waals surface area contributed by atoms with Crippen molar-refractivity contribution in [2.24, 2.45) is 5.92 Å². The quantitative estimate of drug-likeness (QED) is 0.555. The Hall–Kier alpha value is -3.67. The van der Waals surface area contributed by atoms with Crippen LogP contribution in [0.2, 0.25) is 0 Å². The van der Waals surface area contributed by atoms with Crippen molar-refractivity contribution in [2.45, 2.75) is 24.8 Å². The average Bonchev–Trinajstić information content (AvgIpc) is 3.54. The first-order valence-corrected chi connectivity index (χ1v) is 11.4. The van der Waals surface area contributed by atoms with Crippen molar-refractivity contribution in [3.05, 3.63) is 53.6 Å². The molecule has 0 saturated carbocycles. The fourth-order valence-electron chi connectivity index (χ4n) is 5.07. The van der Waals surface area contributed by atoms with E-state index < -0.39 is 12.0 Å². The van der Waals surface area contributed by atoms with E-state index in [1.54, 1.807) is 35.1 Å². The Morgan fingerprint density at radius 1 is 1.06 bits per heavy atom. The Morgan fingerprint density at radius 2 is 1.75 bits per heavy atom. The number of benzene rings is 2. The highest BCUT2D eigenvalue weighted by Gasteiger charge is 2.55. The number of aryl methyl sites for hydroxylation is 1. The standard InChI is InChI=1S/C24H24F3N5O4/c1-35-23-13-31(21(33)9-4-15-2-6-18(7-3-15)36-24(25,26)27)11-17(23)12-32(14-23)22(34)16-5-8-19-20(10-16)29-30-28-19/h2-3,5-8,10,17H,4,9,11-14H2,1H3,(H,28,29,30)/t17-,23+/m0/s1. The molecule has 0 radical (unpaired) electrons. The van der Waals surface area contributed by atoms with Crippen LogP contribution < -0.4 is 4.74 Å². The van der Waals surface area contributed by atoms with Gasteiger partial charge in [-0.1, -0.05) is 12.1 Å². The summed E-state index contributed by atoms with van der Waals surface area (Å²) in [5, 5.41) is 10.6. The van der Waals surface area contributed by atoms with E-state index in [4.69, 9.17) is 4.74 Å². The molecule has 1 aromatic heterocycles. The van der Waals surface area contributed by atoms with Crippen LogP contribution in [-0.2, 0) is 16.0 Å². The van der Waals surface area contributed by atoms with Crippen molar-refractivity contribution < 1.29 is 32.2 Å². The maximum absolute atomic E-state index is 13.1. The largest absolute Gasteiger partial charge is 0.573 e. The van der Waals surface area contributed by atoms with Crippen molar-refractivity contribution in [1.82, 2.24) is 25.2 Å². The molecule has 2 saturated heterocycles. The smallest absolute Gasteiger partial charge is 0.406 e. The molecule has 0 aliphatic carbocycles. The number of alkyl halides is 3. The minimum atomic E-state index is -4.74. The Balaban J connectivity index is 1.18. The number of halogens is 3. The number of carbonyl (C=O) groups is 2. The van der Waals surface area contributed by atoms with Crippen LogP contribution >= 0.6 is 0 Å². The zero-order valence-electron chi connectivity index (χ0n) is 19.4.